The maximum Gasteiger partial charge on any atom is 0.183 e. The molecule has 114 valence electrons. The Morgan fingerprint density at radius 3 is 2.85 bits per heavy atom. The second-order valence-electron chi connectivity index (χ2n) is 6.35. The lowest BCUT2D eigenvalue weighted by Gasteiger charge is -2.35. The van der Waals surface area contributed by atoms with Crippen molar-refractivity contribution in [2.24, 2.45) is 16.6 Å². The molecule has 20 heavy (non-hydrogen) atoms. The van der Waals surface area contributed by atoms with E-state index in [4.69, 9.17) is 5.73 Å². The minimum atomic E-state index is -0.628. The molecule has 0 bridgehead atoms. The second-order valence-corrected chi connectivity index (χ2v) is 6.35. The van der Waals surface area contributed by atoms with Crippen molar-refractivity contribution in [2.75, 3.05) is 27.2 Å². The molecule has 0 amide bonds. The molecule has 0 spiro atoms. The van der Waals surface area contributed by atoms with E-state index in [0.717, 1.165) is 25.3 Å². The Labute approximate surface area is 122 Å². The Balaban J connectivity index is 1.81. The predicted molar refractivity (Wildman–Crippen MR) is 84.4 cm³/mol. The molecule has 0 saturated heterocycles. The van der Waals surface area contributed by atoms with Crippen molar-refractivity contribution < 1.29 is 0 Å². The summed E-state index contributed by atoms with van der Waals surface area (Å²) in [5.74, 6) is 1.07. The highest BCUT2D eigenvalue weighted by Crippen LogP contribution is 2.30. The first-order valence-electron chi connectivity index (χ1n) is 7.78. The fourth-order valence-electron chi connectivity index (χ4n) is 3.00. The Bertz CT molecular complexity index is 357. The normalized spacial score (nSPS) is 27.3. The molecule has 1 unspecified atom stereocenters. The molecule has 1 fully saturated rings. The minimum Gasteiger partial charge on any atom is -0.370 e. The summed E-state index contributed by atoms with van der Waals surface area (Å²) in [6, 6.07) is 0. The quantitative estimate of drug-likeness (QED) is 0.684. The van der Waals surface area contributed by atoms with Crippen LogP contribution in [0.25, 0.3) is 0 Å². The second kappa shape index (κ2) is 7.09. The average molecular weight is 279 g/mol. The highest BCUT2D eigenvalue weighted by atomic mass is 15.3. The van der Waals surface area contributed by atoms with Gasteiger partial charge in [-0.3, -0.25) is 10.7 Å². The number of hydrogen-bond donors (Lipinski definition) is 3. The van der Waals surface area contributed by atoms with E-state index in [1.165, 1.54) is 32.1 Å². The van der Waals surface area contributed by atoms with Crippen molar-refractivity contribution >= 4 is 6.21 Å². The molecular weight excluding hydrogens is 250 g/mol. The smallest absolute Gasteiger partial charge is 0.183 e. The van der Waals surface area contributed by atoms with Gasteiger partial charge in [0.1, 0.15) is 5.82 Å². The molecule has 5 heteroatoms. The van der Waals surface area contributed by atoms with Crippen LogP contribution in [0.5, 0.6) is 0 Å². The number of nitrogens with two attached hydrogens (primary N) is 1. The average Bonchev–Trinajstić information content (AvgIpc) is 2.39. The first kappa shape index (κ1) is 15.3. The van der Waals surface area contributed by atoms with Gasteiger partial charge in [-0.25, -0.2) is 0 Å². The van der Waals surface area contributed by atoms with Crippen LogP contribution in [0.4, 0.5) is 0 Å². The third-order valence-corrected chi connectivity index (χ3v) is 4.10. The molecular formula is C15H29N5. The van der Waals surface area contributed by atoms with Gasteiger partial charge in [-0.05, 0) is 26.1 Å². The summed E-state index contributed by atoms with van der Waals surface area (Å²) >= 11 is 0. The Morgan fingerprint density at radius 2 is 2.15 bits per heavy atom. The van der Waals surface area contributed by atoms with Gasteiger partial charge in [0.05, 0.1) is 0 Å². The Kier molecular flexibility index (Phi) is 5.43. The molecule has 1 aliphatic heterocycles. The van der Waals surface area contributed by atoms with Gasteiger partial charge < -0.3 is 15.5 Å². The predicted octanol–water partition coefficient (Wildman–Crippen LogP) is 1.24. The van der Waals surface area contributed by atoms with Crippen LogP contribution in [0.3, 0.4) is 0 Å². The van der Waals surface area contributed by atoms with Gasteiger partial charge in [0.2, 0.25) is 0 Å². The summed E-state index contributed by atoms with van der Waals surface area (Å²) in [4.78, 5) is 6.62. The molecule has 1 saturated carbocycles. The molecule has 5 nitrogen and oxygen atoms in total. The van der Waals surface area contributed by atoms with Gasteiger partial charge in [-0.15, -0.1) is 0 Å². The van der Waals surface area contributed by atoms with Gasteiger partial charge in [-0.2, -0.15) is 0 Å². The fraction of sp³-hybridized carbons (Fsp3) is 0.800. The van der Waals surface area contributed by atoms with Gasteiger partial charge in [0.15, 0.2) is 5.79 Å². The molecule has 1 aliphatic carbocycles. The summed E-state index contributed by atoms with van der Waals surface area (Å²) in [7, 11) is 4.14. The van der Waals surface area contributed by atoms with Crippen LogP contribution in [0.15, 0.2) is 16.9 Å². The van der Waals surface area contributed by atoms with Gasteiger partial charge >= 0.3 is 0 Å². The van der Waals surface area contributed by atoms with E-state index in [2.05, 4.69) is 34.6 Å². The molecule has 2 aliphatic rings. The van der Waals surface area contributed by atoms with Crippen LogP contribution in [-0.2, 0) is 0 Å². The maximum atomic E-state index is 6.41. The third kappa shape index (κ3) is 4.80. The molecule has 4 N–H and O–H groups in total. The minimum absolute atomic E-state index is 0.628. The van der Waals surface area contributed by atoms with Crippen molar-refractivity contribution in [1.29, 1.82) is 0 Å². The van der Waals surface area contributed by atoms with Crippen LogP contribution < -0.4 is 16.4 Å². The lowest BCUT2D eigenvalue weighted by atomic mass is 9.85. The van der Waals surface area contributed by atoms with E-state index in [9.17, 15) is 0 Å². The zero-order chi connectivity index (χ0) is 14.4. The third-order valence-electron chi connectivity index (χ3n) is 4.10. The van der Waals surface area contributed by atoms with Crippen LogP contribution >= 0.6 is 0 Å². The van der Waals surface area contributed by atoms with Crippen molar-refractivity contribution in [3.8, 4) is 0 Å². The van der Waals surface area contributed by atoms with Crippen molar-refractivity contribution in [3.05, 3.63) is 11.9 Å². The lowest BCUT2D eigenvalue weighted by Crippen LogP contribution is -2.56. The first-order chi connectivity index (χ1) is 9.57. The topological polar surface area (TPSA) is 65.7 Å². The molecule has 0 radical (unpaired) electrons. The molecule has 1 atom stereocenters. The van der Waals surface area contributed by atoms with Crippen LogP contribution in [0, 0.1) is 5.92 Å². The lowest BCUT2D eigenvalue weighted by molar-refractivity contribution is 0.235. The van der Waals surface area contributed by atoms with E-state index in [1.807, 2.05) is 12.3 Å². The number of aliphatic imine (C=N–C) groups is 1. The summed E-state index contributed by atoms with van der Waals surface area (Å²) < 4.78 is 0. The van der Waals surface area contributed by atoms with E-state index >= 15 is 0 Å². The van der Waals surface area contributed by atoms with Crippen LogP contribution in [0.2, 0.25) is 0 Å². The summed E-state index contributed by atoms with van der Waals surface area (Å²) in [6.45, 7) is 1.90. The Hall–Kier alpha value is -1.07. The molecule has 0 aromatic rings. The molecule has 0 aromatic carbocycles. The number of likely N-dealkylation sites (N-methyl/N-ethyl adjacent to an activating group) is 1. The summed E-state index contributed by atoms with van der Waals surface area (Å²) in [5, 5.41) is 6.74. The van der Waals surface area contributed by atoms with Crippen molar-refractivity contribution in [1.82, 2.24) is 15.5 Å². The fourth-order valence-corrected chi connectivity index (χ4v) is 3.00. The standard InChI is InChI=1S/C15H29N5/c1-20(2)11-10-17-14-8-9-18-15(16,19-14)12-13-6-4-3-5-7-13/h8-9,13,17,19H,3-7,10-12,16H2,1-2H3. The molecule has 2 rings (SSSR count). The number of allylic oxidation sites excluding steroid dienone is 1. The summed E-state index contributed by atoms with van der Waals surface area (Å²) in [5.41, 5.74) is 6.41. The van der Waals surface area contributed by atoms with Gasteiger partial charge in [0.25, 0.3) is 0 Å². The monoisotopic (exact) mass is 279 g/mol. The zero-order valence-electron chi connectivity index (χ0n) is 12.9. The SMILES string of the molecule is CN(C)CCNC1=CC=NC(N)(CC2CCCCC2)N1. The first-order valence-corrected chi connectivity index (χ1v) is 7.78. The van der Waals surface area contributed by atoms with Gasteiger partial charge in [-0.1, -0.05) is 32.1 Å². The van der Waals surface area contributed by atoms with Gasteiger partial charge in [0, 0.05) is 25.7 Å². The zero-order valence-corrected chi connectivity index (χ0v) is 12.9. The number of nitrogens with one attached hydrogen (secondary N) is 2. The highest BCUT2D eigenvalue weighted by molar-refractivity contribution is 5.73. The highest BCUT2D eigenvalue weighted by Gasteiger charge is 2.30. The van der Waals surface area contributed by atoms with Crippen molar-refractivity contribution in [2.45, 2.75) is 44.3 Å². The van der Waals surface area contributed by atoms with E-state index in [1.54, 1.807) is 0 Å². The maximum absolute atomic E-state index is 6.41. The van der Waals surface area contributed by atoms with Crippen molar-refractivity contribution in [3.63, 3.8) is 0 Å². The number of hydrogen-bond acceptors (Lipinski definition) is 5. The summed E-state index contributed by atoms with van der Waals surface area (Å²) in [6.07, 6.45) is 11.4. The van der Waals surface area contributed by atoms with E-state index in [0.29, 0.717) is 5.92 Å². The Morgan fingerprint density at radius 1 is 1.40 bits per heavy atom. The van der Waals surface area contributed by atoms with Crippen LogP contribution in [-0.4, -0.2) is 44.1 Å². The molecule has 0 aromatic heterocycles. The van der Waals surface area contributed by atoms with E-state index in [-0.39, 0.29) is 0 Å². The van der Waals surface area contributed by atoms with E-state index < -0.39 is 5.79 Å². The largest absolute Gasteiger partial charge is 0.370 e. The van der Waals surface area contributed by atoms with Crippen LogP contribution in [0.1, 0.15) is 38.5 Å². The number of nitrogens with zero attached hydrogens (tertiary/aromatic N) is 2. The number of rotatable bonds is 6. The molecule has 1 heterocycles.